The topological polar surface area (TPSA) is 35.5 Å². The first kappa shape index (κ1) is 14.6. The Labute approximate surface area is 109 Å². The lowest BCUT2D eigenvalue weighted by molar-refractivity contribution is -0.144. The smallest absolute Gasteiger partial charge is 0.309 e. The Morgan fingerprint density at radius 3 is 2.61 bits per heavy atom. The Hall–Kier alpha value is -1.51. The maximum atomic E-state index is 11.3. The number of carbonyl (C=O) groups is 1. The highest BCUT2D eigenvalue weighted by molar-refractivity contribution is 5.69. The molecule has 1 aromatic carbocycles. The van der Waals surface area contributed by atoms with E-state index in [0.29, 0.717) is 19.6 Å². The second kappa shape index (κ2) is 7.75. The van der Waals surface area contributed by atoms with Crippen molar-refractivity contribution in [2.45, 2.75) is 40.0 Å². The quantitative estimate of drug-likeness (QED) is 0.549. The van der Waals surface area contributed by atoms with Crippen molar-refractivity contribution in [2.24, 2.45) is 0 Å². The zero-order valence-corrected chi connectivity index (χ0v) is 11.5. The van der Waals surface area contributed by atoms with E-state index >= 15 is 0 Å². The van der Waals surface area contributed by atoms with Gasteiger partial charge in [0.15, 0.2) is 0 Å². The third-order valence-electron chi connectivity index (χ3n) is 2.81. The summed E-state index contributed by atoms with van der Waals surface area (Å²) in [7, 11) is 0. The molecule has 3 heteroatoms. The average molecular weight is 250 g/mol. The van der Waals surface area contributed by atoms with Crippen molar-refractivity contribution in [1.29, 1.82) is 0 Å². The minimum atomic E-state index is -0.188. The predicted molar refractivity (Wildman–Crippen MR) is 71.9 cm³/mol. The highest BCUT2D eigenvalue weighted by Gasteiger charge is 2.03. The van der Waals surface area contributed by atoms with Gasteiger partial charge in [0.1, 0.15) is 5.75 Å². The number of hydrogen-bond acceptors (Lipinski definition) is 3. The molecule has 0 saturated carbocycles. The van der Waals surface area contributed by atoms with Gasteiger partial charge in [0.25, 0.3) is 0 Å². The fraction of sp³-hybridized carbons (Fsp3) is 0.533. The van der Waals surface area contributed by atoms with E-state index in [-0.39, 0.29) is 5.97 Å². The number of esters is 1. The zero-order chi connectivity index (χ0) is 13.4. The fourth-order valence-corrected chi connectivity index (χ4v) is 1.46. The minimum absolute atomic E-state index is 0.188. The number of carbonyl (C=O) groups excluding carboxylic acids is 1. The summed E-state index contributed by atoms with van der Waals surface area (Å²) in [6.45, 7) is 7.05. The van der Waals surface area contributed by atoms with Crippen LogP contribution in [0.1, 0.15) is 37.3 Å². The molecule has 0 atom stereocenters. The first-order valence-electron chi connectivity index (χ1n) is 6.49. The molecule has 0 bridgehead atoms. The SMILES string of the molecule is CCCCOC(=O)CCOc1ccc(C)c(C)c1. The summed E-state index contributed by atoms with van der Waals surface area (Å²) in [5, 5.41) is 0. The molecule has 0 amide bonds. The molecule has 0 aromatic heterocycles. The standard InChI is InChI=1S/C15H22O3/c1-4-5-9-18-15(16)8-10-17-14-7-6-12(2)13(3)11-14/h6-7,11H,4-5,8-10H2,1-3H3. The molecule has 0 aliphatic rings. The Balaban J connectivity index is 2.24. The number of hydrogen-bond donors (Lipinski definition) is 0. The van der Waals surface area contributed by atoms with Crippen molar-refractivity contribution in [3.8, 4) is 5.75 Å². The Kier molecular flexibility index (Phi) is 6.26. The van der Waals surface area contributed by atoms with E-state index in [4.69, 9.17) is 9.47 Å². The highest BCUT2D eigenvalue weighted by atomic mass is 16.5. The van der Waals surface area contributed by atoms with Crippen LogP contribution < -0.4 is 4.74 Å². The summed E-state index contributed by atoms with van der Waals surface area (Å²) in [5.41, 5.74) is 2.43. The summed E-state index contributed by atoms with van der Waals surface area (Å²) in [6, 6.07) is 5.92. The van der Waals surface area contributed by atoms with Crippen molar-refractivity contribution in [1.82, 2.24) is 0 Å². The van der Waals surface area contributed by atoms with Crippen LogP contribution in [0.3, 0.4) is 0 Å². The maximum absolute atomic E-state index is 11.3. The van der Waals surface area contributed by atoms with Gasteiger partial charge in [-0.25, -0.2) is 0 Å². The number of benzene rings is 1. The van der Waals surface area contributed by atoms with Gasteiger partial charge in [-0.15, -0.1) is 0 Å². The van der Waals surface area contributed by atoms with Crippen LogP contribution in [0, 0.1) is 13.8 Å². The van der Waals surface area contributed by atoms with Crippen LogP contribution in [0.2, 0.25) is 0 Å². The second-order valence-corrected chi connectivity index (χ2v) is 4.42. The van der Waals surface area contributed by atoms with Crippen LogP contribution in [0.15, 0.2) is 18.2 Å². The van der Waals surface area contributed by atoms with E-state index < -0.39 is 0 Å². The predicted octanol–water partition coefficient (Wildman–Crippen LogP) is 3.42. The number of ether oxygens (including phenoxy) is 2. The lowest BCUT2D eigenvalue weighted by Gasteiger charge is -2.08. The molecule has 0 spiro atoms. The summed E-state index contributed by atoms with van der Waals surface area (Å²) in [5.74, 6) is 0.617. The van der Waals surface area contributed by atoms with E-state index in [9.17, 15) is 4.79 Å². The molecular weight excluding hydrogens is 228 g/mol. The van der Waals surface area contributed by atoms with Crippen LogP contribution in [-0.2, 0) is 9.53 Å². The van der Waals surface area contributed by atoms with Crippen molar-refractivity contribution < 1.29 is 14.3 Å². The maximum Gasteiger partial charge on any atom is 0.309 e. The van der Waals surface area contributed by atoms with Gasteiger partial charge in [0.2, 0.25) is 0 Å². The van der Waals surface area contributed by atoms with Gasteiger partial charge in [-0.05, 0) is 43.5 Å². The van der Waals surface area contributed by atoms with Crippen molar-refractivity contribution >= 4 is 5.97 Å². The molecule has 0 aliphatic carbocycles. The largest absolute Gasteiger partial charge is 0.493 e. The van der Waals surface area contributed by atoms with Crippen molar-refractivity contribution in [3.63, 3.8) is 0 Å². The molecule has 0 fully saturated rings. The lowest BCUT2D eigenvalue weighted by Crippen LogP contribution is -2.10. The van der Waals surface area contributed by atoms with E-state index in [1.165, 1.54) is 11.1 Å². The van der Waals surface area contributed by atoms with Gasteiger partial charge >= 0.3 is 5.97 Å². The van der Waals surface area contributed by atoms with Crippen molar-refractivity contribution in [3.05, 3.63) is 29.3 Å². The van der Waals surface area contributed by atoms with Crippen LogP contribution >= 0.6 is 0 Å². The highest BCUT2D eigenvalue weighted by Crippen LogP contribution is 2.16. The molecular formula is C15H22O3. The molecule has 1 rings (SSSR count). The third kappa shape index (κ3) is 5.21. The summed E-state index contributed by atoms with van der Waals surface area (Å²) in [4.78, 5) is 11.3. The molecule has 0 saturated heterocycles. The normalized spacial score (nSPS) is 10.2. The van der Waals surface area contributed by atoms with Crippen LogP contribution in [0.5, 0.6) is 5.75 Å². The zero-order valence-electron chi connectivity index (χ0n) is 11.5. The van der Waals surface area contributed by atoms with Crippen LogP contribution in [-0.4, -0.2) is 19.2 Å². The molecule has 18 heavy (non-hydrogen) atoms. The lowest BCUT2D eigenvalue weighted by atomic mass is 10.1. The molecule has 0 heterocycles. The van der Waals surface area contributed by atoms with Crippen LogP contribution in [0.4, 0.5) is 0 Å². The summed E-state index contributed by atoms with van der Waals surface area (Å²) >= 11 is 0. The van der Waals surface area contributed by atoms with Crippen LogP contribution in [0.25, 0.3) is 0 Å². The van der Waals surface area contributed by atoms with Gasteiger partial charge < -0.3 is 9.47 Å². The molecule has 0 radical (unpaired) electrons. The van der Waals surface area contributed by atoms with Gasteiger partial charge in [-0.1, -0.05) is 19.4 Å². The van der Waals surface area contributed by atoms with E-state index in [1.54, 1.807) is 0 Å². The third-order valence-corrected chi connectivity index (χ3v) is 2.81. The molecule has 0 unspecified atom stereocenters. The van der Waals surface area contributed by atoms with E-state index in [2.05, 4.69) is 13.8 Å². The van der Waals surface area contributed by atoms with Gasteiger partial charge in [0, 0.05) is 0 Å². The van der Waals surface area contributed by atoms with Crippen molar-refractivity contribution in [2.75, 3.05) is 13.2 Å². The Morgan fingerprint density at radius 2 is 1.94 bits per heavy atom. The molecule has 0 N–H and O–H groups in total. The van der Waals surface area contributed by atoms with Gasteiger partial charge in [0.05, 0.1) is 19.6 Å². The first-order chi connectivity index (χ1) is 8.63. The minimum Gasteiger partial charge on any atom is -0.493 e. The molecule has 3 nitrogen and oxygen atoms in total. The molecule has 100 valence electrons. The Morgan fingerprint density at radius 1 is 1.17 bits per heavy atom. The average Bonchev–Trinajstić information content (AvgIpc) is 2.34. The number of aryl methyl sites for hydroxylation is 2. The van der Waals surface area contributed by atoms with Gasteiger partial charge in [-0.2, -0.15) is 0 Å². The summed E-state index contributed by atoms with van der Waals surface area (Å²) < 4.78 is 10.6. The number of rotatable bonds is 7. The molecule has 0 aliphatic heterocycles. The fourth-order valence-electron chi connectivity index (χ4n) is 1.46. The molecule has 1 aromatic rings. The first-order valence-corrected chi connectivity index (χ1v) is 6.49. The monoisotopic (exact) mass is 250 g/mol. The summed E-state index contributed by atoms with van der Waals surface area (Å²) in [6.07, 6.45) is 2.26. The number of unbranched alkanes of at least 4 members (excludes halogenated alkanes) is 1. The van der Waals surface area contributed by atoms with E-state index in [1.807, 2.05) is 25.1 Å². The van der Waals surface area contributed by atoms with Gasteiger partial charge in [-0.3, -0.25) is 4.79 Å². The second-order valence-electron chi connectivity index (χ2n) is 4.42. The van der Waals surface area contributed by atoms with E-state index in [0.717, 1.165) is 18.6 Å². The Bertz CT molecular complexity index is 385.